The molecule has 16 heavy (non-hydrogen) atoms. The summed E-state index contributed by atoms with van der Waals surface area (Å²) in [4.78, 5) is 0.00926. The third-order valence-corrected chi connectivity index (χ3v) is 3.41. The van der Waals surface area contributed by atoms with Crippen molar-refractivity contribution in [1.29, 1.82) is 0 Å². The highest BCUT2D eigenvalue weighted by Crippen LogP contribution is 2.24. The molecule has 0 aliphatic rings. The number of rotatable bonds is 4. The van der Waals surface area contributed by atoms with E-state index in [0.29, 0.717) is 0 Å². The Morgan fingerprint density at radius 1 is 1.31 bits per heavy atom. The fourth-order valence-electron chi connectivity index (χ4n) is 1.40. The molecule has 0 aliphatic heterocycles. The van der Waals surface area contributed by atoms with E-state index in [9.17, 15) is 18.6 Å². The summed E-state index contributed by atoms with van der Waals surface area (Å²) in [6.45, 7) is -0.140. The van der Waals surface area contributed by atoms with Crippen LogP contribution in [-0.4, -0.2) is 37.5 Å². The number of nitrogens with two attached hydrogens (primary N) is 1. The summed E-state index contributed by atoms with van der Waals surface area (Å²) in [6.07, 6.45) is -1.42. The topological polar surface area (TPSA) is 101 Å². The summed E-state index contributed by atoms with van der Waals surface area (Å²) in [6, 6.07) is 5.99. The number of hydrogen-bond donors (Lipinski definition) is 3. The molecule has 90 valence electrons. The first-order chi connectivity index (χ1) is 7.38. The van der Waals surface area contributed by atoms with E-state index in [1.807, 2.05) is 0 Å². The van der Waals surface area contributed by atoms with Crippen molar-refractivity contribution >= 4 is 9.84 Å². The van der Waals surface area contributed by atoms with E-state index >= 15 is 0 Å². The average molecular weight is 245 g/mol. The summed E-state index contributed by atoms with van der Waals surface area (Å²) in [5, 5.41) is 19.1. The number of sulfone groups is 1. The van der Waals surface area contributed by atoms with E-state index in [0.717, 1.165) is 6.26 Å². The van der Waals surface area contributed by atoms with E-state index in [1.165, 1.54) is 12.1 Å². The van der Waals surface area contributed by atoms with Gasteiger partial charge in [0.2, 0.25) is 0 Å². The lowest BCUT2D eigenvalue weighted by molar-refractivity contribution is 0.0227. The van der Waals surface area contributed by atoms with Gasteiger partial charge in [-0.15, -0.1) is 0 Å². The molecular weight excluding hydrogens is 230 g/mol. The van der Waals surface area contributed by atoms with Crippen LogP contribution in [0.2, 0.25) is 0 Å². The van der Waals surface area contributed by atoms with Gasteiger partial charge in [0.1, 0.15) is 6.10 Å². The van der Waals surface area contributed by atoms with Gasteiger partial charge in [-0.05, 0) is 6.07 Å². The monoisotopic (exact) mass is 245 g/mol. The third-order valence-electron chi connectivity index (χ3n) is 2.24. The molecule has 0 amide bonds. The molecule has 0 fully saturated rings. The predicted octanol–water partition coefficient (Wildman–Crippen LogP) is -0.557. The lowest BCUT2D eigenvalue weighted by Crippen LogP contribution is -2.28. The first-order valence-corrected chi connectivity index (χ1v) is 6.62. The molecule has 5 nitrogen and oxygen atoms in total. The molecule has 1 aromatic rings. The van der Waals surface area contributed by atoms with E-state index < -0.39 is 22.0 Å². The largest absolute Gasteiger partial charge is 0.389 e. The number of aliphatic hydroxyl groups excluding tert-OH is 2. The summed E-state index contributed by atoms with van der Waals surface area (Å²) >= 11 is 0. The normalized spacial score (nSPS) is 15.8. The standard InChI is InChI=1S/C10H15NO4S/c1-16(14,15)9-5-3-2-4-7(9)10(13)8(12)6-11/h2-5,8,10,12-13H,6,11H2,1H3. The molecule has 0 spiro atoms. The third kappa shape index (κ3) is 2.79. The predicted molar refractivity (Wildman–Crippen MR) is 59.6 cm³/mol. The molecular formula is C10H15NO4S. The Morgan fingerprint density at radius 2 is 1.88 bits per heavy atom. The SMILES string of the molecule is CS(=O)(=O)c1ccccc1C(O)C(O)CN. The first-order valence-electron chi connectivity index (χ1n) is 4.73. The van der Waals surface area contributed by atoms with Crippen molar-refractivity contribution in [2.45, 2.75) is 17.1 Å². The van der Waals surface area contributed by atoms with Crippen LogP contribution in [0.1, 0.15) is 11.7 Å². The van der Waals surface area contributed by atoms with Gasteiger partial charge in [0, 0.05) is 18.4 Å². The van der Waals surface area contributed by atoms with Gasteiger partial charge in [-0.25, -0.2) is 8.42 Å². The van der Waals surface area contributed by atoms with Crippen molar-refractivity contribution in [2.75, 3.05) is 12.8 Å². The molecule has 2 atom stereocenters. The molecule has 0 saturated carbocycles. The highest BCUT2D eigenvalue weighted by atomic mass is 32.2. The molecule has 0 aliphatic carbocycles. The Bertz CT molecular complexity index is 458. The van der Waals surface area contributed by atoms with Gasteiger partial charge >= 0.3 is 0 Å². The fraction of sp³-hybridized carbons (Fsp3) is 0.400. The first kappa shape index (κ1) is 13.1. The van der Waals surface area contributed by atoms with Crippen LogP contribution in [0, 0.1) is 0 Å². The summed E-state index contributed by atoms with van der Waals surface area (Å²) in [5.74, 6) is 0. The lowest BCUT2D eigenvalue weighted by atomic mass is 10.0. The molecule has 0 radical (unpaired) electrons. The maximum atomic E-state index is 11.4. The molecule has 0 aromatic heterocycles. The molecule has 4 N–H and O–H groups in total. The minimum atomic E-state index is -3.43. The molecule has 2 unspecified atom stereocenters. The molecule has 0 bridgehead atoms. The van der Waals surface area contributed by atoms with E-state index in [4.69, 9.17) is 5.73 Å². The van der Waals surface area contributed by atoms with Gasteiger partial charge in [-0.1, -0.05) is 18.2 Å². The minimum absolute atomic E-state index is 0.00926. The van der Waals surface area contributed by atoms with Crippen molar-refractivity contribution in [3.05, 3.63) is 29.8 Å². The second-order valence-corrected chi connectivity index (χ2v) is 5.54. The fourth-order valence-corrected chi connectivity index (χ4v) is 2.34. The van der Waals surface area contributed by atoms with E-state index in [-0.39, 0.29) is 17.0 Å². The van der Waals surface area contributed by atoms with E-state index in [2.05, 4.69) is 0 Å². The van der Waals surface area contributed by atoms with Gasteiger partial charge in [0.15, 0.2) is 9.84 Å². The maximum absolute atomic E-state index is 11.4. The highest BCUT2D eigenvalue weighted by molar-refractivity contribution is 7.90. The van der Waals surface area contributed by atoms with Gasteiger partial charge < -0.3 is 15.9 Å². The number of aliphatic hydroxyl groups is 2. The van der Waals surface area contributed by atoms with Crippen molar-refractivity contribution in [3.63, 3.8) is 0 Å². The molecule has 0 heterocycles. The minimum Gasteiger partial charge on any atom is -0.389 e. The Balaban J connectivity index is 3.24. The zero-order valence-electron chi connectivity index (χ0n) is 8.87. The zero-order chi connectivity index (χ0) is 12.3. The van der Waals surface area contributed by atoms with Crippen LogP contribution in [0.5, 0.6) is 0 Å². The lowest BCUT2D eigenvalue weighted by Gasteiger charge is -2.18. The molecule has 6 heteroatoms. The van der Waals surface area contributed by atoms with Crippen LogP contribution in [-0.2, 0) is 9.84 Å². The Morgan fingerprint density at radius 3 is 2.38 bits per heavy atom. The Labute approximate surface area is 94.4 Å². The van der Waals surface area contributed by atoms with Gasteiger partial charge in [0.25, 0.3) is 0 Å². The maximum Gasteiger partial charge on any atom is 0.175 e. The van der Waals surface area contributed by atoms with E-state index in [1.54, 1.807) is 12.1 Å². The van der Waals surface area contributed by atoms with Crippen molar-refractivity contribution in [1.82, 2.24) is 0 Å². The molecule has 1 aromatic carbocycles. The number of hydrogen-bond acceptors (Lipinski definition) is 5. The highest BCUT2D eigenvalue weighted by Gasteiger charge is 2.23. The van der Waals surface area contributed by atoms with Gasteiger partial charge in [-0.3, -0.25) is 0 Å². The molecule has 1 rings (SSSR count). The zero-order valence-corrected chi connectivity index (χ0v) is 9.68. The second kappa shape index (κ2) is 4.92. The van der Waals surface area contributed by atoms with Crippen LogP contribution in [0.25, 0.3) is 0 Å². The summed E-state index contributed by atoms with van der Waals surface area (Å²) in [7, 11) is -3.43. The second-order valence-electron chi connectivity index (χ2n) is 3.56. The Hall–Kier alpha value is -0.950. The van der Waals surface area contributed by atoms with Crippen molar-refractivity contribution in [3.8, 4) is 0 Å². The Kier molecular flexibility index (Phi) is 4.03. The van der Waals surface area contributed by atoms with Crippen molar-refractivity contribution in [2.24, 2.45) is 5.73 Å². The summed E-state index contributed by atoms with van der Waals surface area (Å²) in [5.41, 5.74) is 5.38. The van der Waals surface area contributed by atoms with Crippen LogP contribution >= 0.6 is 0 Å². The van der Waals surface area contributed by atoms with Gasteiger partial charge in [0.05, 0.1) is 11.0 Å². The average Bonchev–Trinajstić information content (AvgIpc) is 2.26. The van der Waals surface area contributed by atoms with Crippen LogP contribution in [0.15, 0.2) is 29.2 Å². The molecule has 0 saturated heterocycles. The summed E-state index contributed by atoms with van der Waals surface area (Å²) < 4.78 is 22.9. The van der Waals surface area contributed by atoms with Crippen LogP contribution < -0.4 is 5.73 Å². The quantitative estimate of drug-likeness (QED) is 0.660. The van der Waals surface area contributed by atoms with Crippen molar-refractivity contribution < 1.29 is 18.6 Å². The number of benzene rings is 1. The smallest absolute Gasteiger partial charge is 0.175 e. The van der Waals surface area contributed by atoms with Gasteiger partial charge in [-0.2, -0.15) is 0 Å². The van der Waals surface area contributed by atoms with Crippen LogP contribution in [0.4, 0.5) is 0 Å². The van der Waals surface area contributed by atoms with Crippen LogP contribution in [0.3, 0.4) is 0 Å².